The van der Waals surface area contributed by atoms with Crippen LogP contribution in [0.3, 0.4) is 0 Å². The minimum absolute atomic E-state index is 0.0662. The van der Waals surface area contributed by atoms with Gasteiger partial charge in [0.05, 0.1) is 36.8 Å². The molecule has 1 aliphatic carbocycles. The van der Waals surface area contributed by atoms with Crippen molar-refractivity contribution in [3.05, 3.63) is 72.6 Å². The molecule has 0 bridgehead atoms. The Balaban J connectivity index is 1.07. The fraction of sp³-hybridized carbons (Fsp3) is 0.472. The normalized spacial score (nSPS) is 20.8. The number of aromatic nitrogens is 2. The van der Waals surface area contributed by atoms with Crippen molar-refractivity contribution in [2.45, 2.75) is 44.2 Å². The van der Waals surface area contributed by atoms with Gasteiger partial charge in [-0.25, -0.2) is 23.8 Å². The molecular formula is C36H44F2N8O3. The molecule has 1 atom stereocenters. The Hall–Kier alpha value is -4.33. The van der Waals surface area contributed by atoms with E-state index in [0.717, 1.165) is 63.7 Å². The predicted octanol–water partition coefficient (Wildman–Crippen LogP) is 5.51. The van der Waals surface area contributed by atoms with Crippen LogP contribution in [0.4, 0.5) is 37.5 Å². The van der Waals surface area contributed by atoms with Crippen molar-refractivity contribution in [3.8, 4) is 5.75 Å². The standard InChI is InChI=1S/C36H44F2N8O3/c1-3-35(47)42-28-19-29(41-33-21-34(40-23-39-33)46-30(11-18-49-46)36-26(37)5-4-6-27(36)38)32(48-2)20-31(28)45-12-9-25(10-13-45)44-16-14-43(15-17-44)22-24-7-8-24/h3-6,19-21,23-25,30H,1,7-18,22H2,2H3,(H,42,47)(H,39,40,41). The number of hydrogen-bond acceptors (Lipinski definition) is 10. The van der Waals surface area contributed by atoms with E-state index in [1.54, 1.807) is 13.2 Å². The highest BCUT2D eigenvalue weighted by atomic mass is 19.1. The average molecular weight is 675 g/mol. The molecule has 3 aliphatic heterocycles. The third-order valence-electron chi connectivity index (χ3n) is 10.1. The first-order valence-corrected chi connectivity index (χ1v) is 17.2. The van der Waals surface area contributed by atoms with E-state index >= 15 is 0 Å². The molecule has 49 heavy (non-hydrogen) atoms. The van der Waals surface area contributed by atoms with Crippen LogP contribution in [-0.4, -0.2) is 91.2 Å². The Kier molecular flexibility index (Phi) is 9.92. The Labute approximate surface area is 285 Å². The number of carbonyl (C=O) groups excluding carboxylic acids is 1. The number of methoxy groups -OCH3 is 1. The van der Waals surface area contributed by atoms with Crippen LogP contribution in [0.15, 0.2) is 55.4 Å². The zero-order valence-electron chi connectivity index (χ0n) is 27.9. The highest BCUT2D eigenvalue weighted by molar-refractivity contribution is 6.02. The highest BCUT2D eigenvalue weighted by Crippen LogP contribution is 2.41. The lowest BCUT2D eigenvalue weighted by molar-refractivity contribution is -0.111. The number of amides is 1. The lowest BCUT2D eigenvalue weighted by Crippen LogP contribution is -2.53. The number of hydroxylamine groups is 1. The maximum atomic E-state index is 14.7. The summed E-state index contributed by atoms with van der Waals surface area (Å²) in [7, 11) is 1.60. The molecular weight excluding hydrogens is 630 g/mol. The molecule has 11 nitrogen and oxygen atoms in total. The van der Waals surface area contributed by atoms with Gasteiger partial charge >= 0.3 is 0 Å². The Morgan fingerprint density at radius 1 is 1.00 bits per heavy atom. The second-order valence-electron chi connectivity index (χ2n) is 13.2. The van der Waals surface area contributed by atoms with Crippen molar-refractivity contribution < 1.29 is 23.1 Å². The van der Waals surface area contributed by atoms with E-state index in [9.17, 15) is 13.6 Å². The zero-order valence-corrected chi connectivity index (χ0v) is 27.9. The molecule has 3 saturated heterocycles. The molecule has 0 spiro atoms. The van der Waals surface area contributed by atoms with Gasteiger partial charge in [0, 0.05) is 76.0 Å². The smallest absolute Gasteiger partial charge is 0.247 e. The van der Waals surface area contributed by atoms with E-state index in [-0.39, 0.29) is 18.1 Å². The van der Waals surface area contributed by atoms with Crippen LogP contribution in [0, 0.1) is 17.6 Å². The maximum Gasteiger partial charge on any atom is 0.247 e. The zero-order chi connectivity index (χ0) is 33.9. The molecule has 7 rings (SSSR count). The summed E-state index contributed by atoms with van der Waals surface area (Å²) in [6, 6.07) is 9.07. The molecule has 1 saturated carbocycles. The summed E-state index contributed by atoms with van der Waals surface area (Å²) in [4.78, 5) is 34.7. The summed E-state index contributed by atoms with van der Waals surface area (Å²) < 4.78 is 35.2. The molecule has 2 aromatic carbocycles. The number of hydrogen-bond donors (Lipinski definition) is 2. The van der Waals surface area contributed by atoms with Crippen LogP contribution >= 0.6 is 0 Å². The number of carbonyl (C=O) groups is 1. The van der Waals surface area contributed by atoms with Gasteiger partial charge < -0.3 is 25.2 Å². The van der Waals surface area contributed by atoms with E-state index in [1.165, 1.54) is 55.1 Å². The second-order valence-corrected chi connectivity index (χ2v) is 13.2. The van der Waals surface area contributed by atoms with Gasteiger partial charge in [0.1, 0.15) is 29.5 Å². The van der Waals surface area contributed by atoms with Gasteiger partial charge in [0.2, 0.25) is 5.91 Å². The SMILES string of the molecule is C=CC(=O)Nc1cc(Nc2cc(N3OCCC3c3c(F)cccc3F)ncn2)c(OC)cc1N1CCC(N2CCN(CC3CC3)CC2)CC1. The van der Waals surface area contributed by atoms with E-state index in [4.69, 9.17) is 9.57 Å². The van der Waals surface area contributed by atoms with Crippen molar-refractivity contribution in [2.75, 3.05) is 80.1 Å². The molecule has 4 aliphatic rings. The summed E-state index contributed by atoms with van der Waals surface area (Å²) in [6.45, 7) is 11.5. The van der Waals surface area contributed by atoms with Crippen LogP contribution in [0.1, 0.15) is 43.7 Å². The number of benzene rings is 2. The van der Waals surface area contributed by atoms with Gasteiger partial charge in [0.15, 0.2) is 5.82 Å². The molecule has 13 heteroatoms. The first kappa shape index (κ1) is 33.2. The van der Waals surface area contributed by atoms with Gasteiger partial charge in [0.25, 0.3) is 0 Å². The molecule has 4 fully saturated rings. The van der Waals surface area contributed by atoms with Crippen molar-refractivity contribution in [1.82, 2.24) is 19.8 Å². The fourth-order valence-corrected chi connectivity index (χ4v) is 7.29. The molecule has 2 N–H and O–H groups in total. The molecule has 4 heterocycles. The van der Waals surface area contributed by atoms with Crippen LogP contribution < -0.4 is 25.3 Å². The number of rotatable bonds is 11. The monoisotopic (exact) mass is 674 g/mol. The summed E-state index contributed by atoms with van der Waals surface area (Å²) >= 11 is 0. The maximum absolute atomic E-state index is 14.7. The van der Waals surface area contributed by atoms with Crippen molar-refractivity contribution in [3.63, 3.8) is 0 Å². The lowest BCUT2D eigenvalue weighted by Gasteiger charge is -2.43. The Morgan fingerprint density at radius 3 is 2.45 bits per heavy atom. The van der Waals surface area contributed by atoms with Gasteiger partial charge in [-0.05, 0) is 55.9 Å². The van der Waals surface area contributed by atoms with Gasteiger partial charge in [-0.2, -0.15) is 0 Å². The second kappa shape index (κ2) is 14.7. The van der Waals surface area contributed by atoms with Crippen molar-refractivity contribution >= 4 is 34.6 Å². The number of nitrogens with zero attached hydrogens (tertiary/aromatic N) is 6. The first-order chi connectivity index (χ1) is 23.9. The number of piperazine rings is 1. The van der Waals surface area contributed by atoms with Gasteiger partial charge in [-0.1, -0.05) is 12.6 Å². The van der Waals surface area contributed by atoms with E-state index in [1.807, 2.05) is 12.1 Å². The number of piperidine rings is 1. The molecule has 3 aromatic rings. The van der Waals surface area contributed by atoms with Gasteiger partial charge in [-0.15, -0.1) is 0 Å². The van der Waals surface area contributed by atoms with E-state index in [0.29, 0.717) is 41.2 Å². The molecule has 1 amide bonds. The topological polar surface area (TPSA) is 98.3 Å². The minimum Gasteiger partial charge on any atom is -0.494 e. The van der Waals surface area contributed by atoms with Gasteiger partial charge in [-0.3, -0.25) is 14.5 Å². The lowest BCUT2D eigenvalue weighted by atomic mass is 10.0. The van der Waals surface area contributed by atoms with Crippen molar-refractivity contribution in [2.24, 2.45) is 5.92 Å². The van der Waals surface area contributed by atoms with E-state index < -0.39 is 17.7 Å². The number of halogens is 2. The summed E-state index contributed by atoms with van der Waals surface area (Å²) in [6.07, 6.45) is 7.87. The average Bonchev–Trinajstić information content (AvgIpc) is 3.81. The fourth-order valence-electron chi connectivity index (χ4n) is 7.29. The summed E-state index contributed by atoms with van der Waals surface area (Å²) in [5, 5.41) is 7.69. The third-order valence-corrected chi connectivity index (χ3v) is 10.1. The summed E-state index contributed by atoms with van der Waals surface area (Å²) in [5.74, 6) is 0.627. The Morgan fingerprint density at radius 2 is 1.76 bits per heavy atom. The quantitative estimate of drug-likeness (QED) is 0.254. The Bertz CT molecular complexity index is 1640. The van der Waals surface area contributed by atoms with E-state index in [2.05, 4.69) is 41.9 Å². The molecule has 0 radical (unpaired) electrons. The molecule has 260 valence electrons. The first-order valence-electron chi connectivity index (χ1n) is 17.2. The van der Waals surface area contributed by atoms with Crippen LogP contribution in [0.5, 0.6) is 5.75 Å². The number of anilines is 5. The minimum atomic E-state index is -0.695. The number of ether oxygens (including phenoxy) is 1. The largest absolute Gasteiger partial charge is 0.494 e. The molecule has 1 unspecified atom stereocenters. The van der Waals surface area contributed by atoms with Crippen LogP contribution in [0.25, 0.3) is 0 Å². The number of nitrogens with one attached hydrogen (secondary N) is 2. The van der Waals surface area contributed by atoms with Crippen LogP contribution in [0.2, 0.25) is 0 Å². The third kappa shape index (κ3) is 7.48. The summed E-state index contributed by atoms with van der Waals surface area (Å²) in [5.41, 5.74) is 1.98. The highest BCUT2D eigenvalue weighted by Gasteiger charge is 2.34. The predicted molar refractivity (Wildman–Crippen MR) is 185 cm³/mol. The van der Waals surface area contributed by atoms with Crippen LogP contribution in [-0.2, 0) is 9.63 Å². The van der Waals surface area contributed by atoms with Crippen molar-refractivity contribution in [1.29, 1.82) is 0 Å². The molecule has 1 aromatic heterocycles.